The van der Waals surface area contributed by atoms with Gasteiger partial charge in [-0.3, -0.25) is 5.41 Å². The fourth-order valence-corrected chi connectivity index (χ4v) is 0.709. The summed E-state index contributed by atoms with van der Waals surface area (Å²) >= 11 is 1.30. The van der Waals surface area contributed by atoms with Gasteiger partial charge in [-0.05, 0) is 12.2 Å². The minimum atomic E-state index is 0.117. The highest BCUT2D eigenvalue weighted by atomic mass is 32.2. The molecule has 8 heavy (non-hydrogen) atoms. The minimum Gasteiger partial charge on any atom is -0.284 e. The van der Waals surface area contributed by atoms with Crippen LogP contribution < -0.4 is 0 Å². The van der Waals surface area contributed by atoms with Crippen LogP contribution in [0.25, 0.3) is 0 Å². The van der Waals surface area contributed by atoms with Crippen LogP contribution in [0.3, 0.4) is 0 Å². The van der Waals surface area contributed by atoms with E-state index in [2.05, 4.69) is 0 Å². The van der Waals surface area contributed by atoms with E-state index >= 15 is 0 Å². The first-order chi connectivity index (χ1) is 3.81. The normalized spacial score (nSPS) is 8.00. The third-order valence-electron chi connectivity index (χ3n) is 0.552. The molecule has 0 saturated carbocycles. The van der Waals surface area contributed by atoms with Crippen molar-refractivity contribution in [1.29, 1.82) is 10.7 Å². The molecule has 0 rings (SSSR count). The van der Waals surface area contributed by atoms with Crippen molar-refractivity contribution in [1.82, 2.24) is 0 Å². The first-order valence-electron chi connectivity index (χ1n) is 2.42. The molecule has 0 aliphatic rings. The number of rotatable bonds is 2. The summed E-state index contributed by atoms with van der Waals surface area (Å²) in [6.45, 7) is 2.03. The van der Waals surface area contributed by atoms with E-state index in [4.69, 9.17) is 10.7 Å². The molecule has 0 bridgehead atoms. The topological polar surface area (TPSA) is 47.6 Å². The van der Waals surface area contributed by atoms with Crippen molar-refractivity contribution >= 4 is 16.8 Å². The van der Waals surface area contributed by atoms with Gasteiger partial charge >= 0.3 is 0 Å². The largest absolute Gasteiger partial charge is 0.284 e. The van der Waals surface area contributed by atoms with Gasteiger partial charge in [-0.25, -0.2) is 0 Å². The Morgan fingerprint density at radius 2 is 2.50 bits per heavy atom. The summed E-state index contributed by atoms with van der Waals surface area (Å²) in [7, 11) is 0. The maximum Gasteiger partial charge on any atom is 0.166 e. The van der Waals surface area contributed by atoms with Gasteiger partial charge < -0.3 is 0 Å². The zero-order valence-corrected chi connectivity index (χ0v) is 5.59. The molecule has 0 heterocycles. The summed E-state index contributed by atoms with van der Waals surface area (Å²) in [4.78, 5) is 0. The van der Waals surface area contributed by atoms with Crippen LogP contribution in [0.5, 0.6) is 0 Å². The molecule has 0 aliphatic heterocycles. The molecule has 0 aromatic rings. The summed E-state index contributed by atoms with van der Waals surface area (Å²) in [5.41, 5.74) is 0. The van der Waals surface area contributed by atoms with Crippen molar-refractivity contribution in [3.05, 3.63) is 0 Å². The predicted octanol–water partition coefficient (Wildman–Crippen LogP) is 1.63. The fourth-order valence-electron chi connectivity index (χ4n) is 0.236. The summed E-state index contributed by atoms with van der Waals surface area (Å²) in [6, 6.07) is 1.75. The van der Waals surface area contributed by atoms with Crippen LogP contribution in [0.2, 0.25) is 0 Å². The third-order valence-corrected chi connectivity index (χ3v) is 1.54. The Kier molecular flexibility index (Phi) is 4.38. The SMILES string of the molecule is CCCSC(=N)C#N. The average molecular weight is 128 g/mol. The van der Waals surface area contributed by atoms with E-state index in [-0.39, 0.29) is 5.04 Å². The molecule has 1 N–H and O–H groups in total. The number of hydrogen-bond donors (Lipinski definition) is 1. The monoisotopic (exact) mass is 128 g/mol. The molecule has 0 aromatic carbocycles. The van der Waals surface area contributed by atoms with Crippen molar-refractivity contribution < 1.29 is 0 Å². The van der Waals surface area contributed by atoms with Gasteiger partial charge in [-0.15, -0.1) is 0 Å². The van der Waals surface area contributed by atoms with E-state index in [1.54, 1.807) is 6.07 Å². The molecule has 0 amide bonds. The van der Waals surface area contributed by atoms with Crippen molar-refractivity contribution in [2.45, 2.75) is 13.3 Å². The van der Waals surface area contributed by atoms with Gasteiger partial charge in [0, 0.05) is 0 Å². The quantitative estimate of drug-likeness (QED) is 0.454. The lowest BCUT2D eigenvalue weighted by molar-refractivity contribution is 1.11. The van der Waals surface area contributed by atoms with Gasteiger partial charge in [0.15, 0.2) is 5.04 Å². The highest BCUT2D eigenvalue weighted by Crippen LogP contribution is 2.01. The standard InChI is InChI=1S/C5H8N2S/c1-2-3-8-5(7)4-6/h7H,2-3H2,1H3. The minimum absolute atomic E-state index is 0.117. The zero-order chi connectivity index (χ0) is 6.41. The second kappa shape index (κ2) is 4.66. The molecule has 0 atom stereocenters. The molecule has 2 nitrogen and oxygen atoms in total. The summed E-state index contributed by atoms with van der Waals surface area (Å²) in [6.07, 6.45) is 1.02. The van der Waals surface area contributed by atoms with E-state index in [9.17, 15) is 0 Å². The molecule has 0 aliphatic carbocycles. The predicted molar refractivity (Wildman–Crippen MR) is 36.1 cm³/mol. The van der Waals surface area contributed by atoms with E-state index in [1.165, 1.54) is 11.8 Å². The Morgan fingerprint density at radius 1 is 1.88 bits per heavy atom. The van der Waals surface area contributed by atoms with Crippen molar-refractivity contribution in [3.63, 3.8) is 0 Å². The van der Waals surface area contributed by atoms with Crippen LogP contribution in [0.4, 0.5) is 0 Å². The first kappa shape index (κ1) is 7.51. The molecule has 44 valence electrons. The lowest BCUT2D eigenvalue weighted by Gasteiger charge is -1.87. The second-order valence-corrected chi connectivity index (χ2v) is 2.39. The Bertz CT molecular complexity index is 114. The number of thioether (sulfide) groups is 1. The van der Waals surface area contributed by atoms with Crippen molar-refractivity contribution in [2.75, 3.05) is 5.75 Å². The Labute approximate surface area is 53.4 Å². The van der Waals surface area contributed by atoms with Gasteiger partial charge in [0.2, 0.25) is 0 Å². The molecule has 0 saturated heterocycles. The Balaban J connectivity index is 3.16. The van der Waals surface area contributed by atoms with Gasteiger partial charge in [0.1, 0.15) is 6.07 Å². The van der Waals surface area contributed by atoms with Gasteiger partial charge in [-0.2, -0.15) is 5.26 Å². The molecule has 3 heteroatoms. The van der Waals surface area contributed by atoms with Gasteiger partial charge in [0.25, 0.3) is 0 Å². The fraction of sp³-hybridized carbons (Fsp3) is 0.600. The maximum atomic E-state index is 8.07. The van der Waals surface area contributed by atoms with Crippen LogP contribution in [-0.2, 0) is 0 Å². The molecule has 0 unspecified atom stereocenters. The van der Waals surface area contributed by atoms with E-state index in [0.29, 0.717) is 0 Å². The lowest BCUT2D eigenvalue weighted by atomic mass is 10.6. The number of nitrogens with zero attached hydrogens (tertiary/aromatic N) is 1. The summed E-state index contributed by atoms with van der Waals surface area (Å²) < 4.78 is 0. The summed E-state index contributed by atoms with van der Waals surface area (Å²) in [5, 5.41) is 15.0. The molecular weight excluding hydrogens is 120 g/mol. The molecule has 0 aromatic heterocycles. The van der Waals surface area contributed by atoms with E-state index in [1.807, 2.05) is 6.92 Å². The van der Waals surface area contributed by atoms with Crippen LogP contribution in [0, 0.1) is 16.7 Å². The smallest absolute Gasteiger partial charge is 0.166 e. The molecule has 0 fully saturated rings. The molecular formula is C5H8N2S. The van der Waals surface area contributed by atoms with E-state index < -0.39 is 0 Å². The van der Waals surface area contributed by atoms with Crippen molar-refractivity contribution in [3.8, 4) is 6.07 Å². The third kappa shape index (κ3) is 3.69. The number of hydrogen-bond acceptors (Lipinski definition) is 3. The zero-order valence-electron chi connectivity index (χ0n) is 4.77. The number of nitriles is 1. The van der Waals surface area contributed by atoms with Gasteiger partial charge in [-0.1, -0.05) is 18.7 Å². The highest BCUT2D eigenvalue weighted by Gasteiger charge is 1.89. The van der Waals surface area contributed by atoms with Crippen LogP contribution in [0.15, 0.2) is 0 Å². The number of nitrogens with one attached hydrogen (secondary N) is 1. The Morgan fingerprint density at radius 3 is 2.88 bits per heavy atom. The van der Waals surface area contributed by atoms with E-state index in [0.717, 1.165) is 12.2 Å². The highest BCUT2D eigenvalue weighted by molar-refractivity contribution is 8.14. The van der Waals surface area contributed by atoms with Crippen LogP contribution in [-0.4, -0.2) is 10.8 Å². The molecule has 0 radical (unpaired) electrons. The maximum absolute atomic E-state index is 8.07. The van der Waals surface area contributed by atoms with Crippen molar-refractivity contribution in [2.24, 2.45) is 0 Å². The second-order valence-electron chi connectivity index (χ2n) is 1.29. The summed E-state index contributed by atoms with van der Waals surface area (Å²) in [5.74, 6) is 0.881. The Hall–Kier alpha value is -0.490. The van der Waals surface area contributed by atoms with Gasteiger partial charge in [0.05, 0.1) is 0 Å². The average Bonchev–Trinajstić information content (AvgIpc) is 1.83. The molecule has 0 spiro atoms. The van der Waals surface area contributed by atoms with Crippen LogP contribution in [0.1, 0.15) is 13.3 Å². The van der Waals surface area contributed by atoms with Crippen LogP contribution >= 0.6 is 11.8 Å². The lowest BCUT2D eigenvalue weighted by Crippen LogP contribution is -1.84. The first-order valence-corrected chi connectivity index (χ1v) is 3.41.